The van der Waals surface area contributed by atoms with E-state index in [9.17, 15) is 0 Å². The summed E-state index contributed by atoms with van der Waals surface area (Å²) in [5.41, 5.74) is 0. The summed E-state index contributed by atoms with van der Waals surface area (Å²) in [5.74, 6) is 0.663. The van der Waals surface area contributed by atoms with Gasteiger partial charge in [0.25, 0.3) is 0 Å². The van der Waals surface area contributed by atoms with Crippen LogP contribution in [0.25, 0.3) is 0 Å². The maximum Gasteiger partial charge on any atom is -0.00535 e. The molecule has 0 saturated heterocycles. The third-order valence-corrected chi connectivity index (χ3v) is 13.8. The van der Waals surface area contributed by atoms with E-state index in [-0.39, 0.29) is 0 Å². The van der Waals surface area contributed by atoms with Crippen molar-refractivity contribution in [3.8, 4) is 0 Å². The van der Waals surface area contributed by atoms with E-state index >= 15 is 0 Å². The Kier molecular flexibility index (Phi) is 56.0. The van der Waals surface area contributed by atoms with Crippen molar-refractivity contribution in [1.29, 1.82) is 0 Å². The lowest BCUT2D eigenvalue weighted by atomic mass is 9.97. The largest absolute Gasteiger partial charge is 0.0879 e. The molecule has 357 valence electrons. The van der Waals surface area contributed by atoms with Crippen LogP contribution in [0.15, 0.2) is 24.3 Å². The van der Waals surface area contributed by atoms with Gasteiger partial charge in [-0.3, -0.25) is 0 Å². The van der Waals surface area contributed by atoms with Crippen molar-refractivity contribution in [3.63, 3.8) is 0 Å². The van der Waals surface area contributed by atoms with Crippen LogP contribution in [0.3, 0.4) is 0 Å². The fraction of sp³-hybridized carbons (Fsp3) is 0.917. The smallest absolute Gasteiger partial charge is 0.00535 e. The fourth-order valence-electron chi connectivity index (χ4n) is 9.45. The highest BCUT2D eigenvalue weighted by molar-refractivity contribution is 5.00. The van der Waals surface area contributed by atoms with Gasteiger partial charge in [0.15, 0.2) is 0 Å². The van der Waals surface area contributed by atoms with E-state index in [0.29, 0.717) is 5.92 Å². The number of hydrogen-bond acceptors (Lipinski definition) is 0. The summed E-state index contributed by atoms with van der Waals surface area (Å²) < 4.78 is 0. The van der Waals surface area contributed by atoms with Gasteiger partial charge in [-0.15, -0.1) is 0 Å². The Balaban J connectivity index is 3.79. The van der Waals surface area contributed by atoms with Crippen LogP contribution in [0.2, 0.25) is 0 Å². The molecular weight excluding hydrogens is 721 g/mol. The van der Waals surface area contributed by atoms with Gasteiger partial charge in [0.2, 0.25) is 0 Å². The van der Waals surface area contributed by atoms with E-state index in [2.05, 4.69) is 45.1 Å². The molecule has 0 rings (SSSR count). The molecule has 0 aliphatic rings. The molecule has 0 nitrogen and oxygen atoms in total. The summed E-state index contributed by atoms with van der Waals surface area (Å²) in [7, 11) is 0. The van der Waals surface area contributed by atoms with Crippen LogP contribution >= 0.6 is 0 Å². The molecule has 1 unspecified atom stereocenters. The summed E-state index contributed by atoms with van der Waals surface area (Å²) in [6, 6.07) is 0. The lowest BCUT2D eigenvalue weighted by Gasteiger charge is -2.09. The SMILES string of the molecule is [CH2]CCCCCCCCCC(C=CCCCCCCCCCCCCCCCCC)C=CCCCCCCCCCCCCCCCCCCCCCCCCCCCC. The zero-order valence-corrected chi connectivity index (χ0v) is 42.4. The van der Waals surface area contributed by atoms with Crippen LogP contribution in [0, 0.1) is 12.8 Å². The van der Waals surface area contributed by atoms with Gasteiger partial charge in [0.1, 0.15) is 0 Å². The van der Waals surface area contributed by atoms with Crippen LogP contribution in [0.1, 0.15) is 348 Å². The van der Waals surface area contributed by atoms with Crippen molar-refractivity contribution in [1.82, 2.24) is 0 Å². The van der Waals surface area contributed by atoms with Crippen molar-refractivity contribution in [2.75, 3.05) is 0 Å². The Morgan fingerprint density at radius 1 is 0.250 bits per heavy atom. The van der Waals surface area contributed by atoms with Crippen molar-refractivity contribution in [2.45, 2.75) is 348 Å². The highest BCUT2D eigenvalue weighted by atomic mass is 14.1. The lowest BCUT2D eigenvalue weighted by molar-refractivity contribution is 0.515. The van der Waals surface area contributed by atoms with E-state index in [4.69, 9.17) is 0 Å². The van der Waals surface area contributed by atoms with Gasteiger partial charge < -0.3 is 0 Å². The molecule has 60 heavy (non-hydrogen) atoms. The average Bonchev–Trinajstić information content (AvgIpc) is 3.26. The van der Waals surface area contributed by atoms with Gasteiger partial charge in [0.05, 0.1) is 0 Å². The molecule has 0 heterocycles. The third kappa shape index (κ3) is 53.6. The van der Waals surface area contributed by atoms with Crippen molar-refractivity contribution < 1.29 is 0 Å². The van der Waals surface area contributed by atoms with Crippen molar-refractivity contribution in [3.05, 3.63) is 31.2 Å². The Morgan fingerprint density at radius 2 is 0.450 bits per heavy atom. The van der Waals surface area contributed by atoms with Gasteiger partial charge >= 0.3 is 0 Å². The van der Waals surface area contributed by atoms with Crippen LogP contribution < -0.4 is 0 Å². The molecular formula is C60H117. The maximum absolute atomic E-state index is 4.00. The van der Waals surface area contributed by atoms with Gasteiger partial charge in [0, 0.05) is 0 Å². The predicted octanol–water partition coefficient (Wildman–Crippen LogP) is 22.9. The standard InChI is InChI=1S/C60H117/c1-4-7-10-13-16-19-21-23-25-27-28-29-30-31-32-33-34-35-36-37-39-41-43-45-47-50-53-56-59-60(57-54-51-48-18-15-12-9-6-3)58-55-52-49-46-44-42-40-38-26-24-22-20-17-14-11-8-5-2/h55-56,58-60H,3-54,57H2,1-2H3. The van der Waals surface area contributed by atoms with Crippen LogP contribution in [0.5, 0.6) is 0 Å². The number of rotatable bonds is 54. The molecule has 0 aliphatic carbocycles. The second-order valence-electron chi connectivity index (χ2n) is 20.0. The zero-order valence-electron chi connectivity index (χ0n) is 42.4. The monoisotopic (exact) mass is 838 g/mol. The van der Waals surface area contributed by atoms with E-state index in [1.54, 1.807) is 0 Å². The number of hydrogen-bond donors (Lipinski definition) is 0. The minimum Gasteiger partial charge on any atom is -0.0879 e. The summed E-state index contributed by atoms with van der Waals surface area (Å²) >= 11 is 0. The predicted molar refractivity (Wildman–Crippen MR) is 279 cm³/mol. The Labute approximate surface area is 383 Å². The molecule has 0 heteroatoms. The van der Waals surface area contributed by atoms with E-state index in [1.165, 1.54) is 327 Å². The second kappa shape index (κ2) is 56.5. The Bertz CT molecular complexity index is 775. The normalized spacial score (nSPS) is 12.5. The Morgan fingerprint density at radius 3 is 0.683 bits per heavy atom. The first-order chi connectivity index (χ1) is 29.8. The molecule has 0 fully saturated rings. The molecule has 0 aromatic carbocycles. The van der Waals surface area contributed by atoms with E-state index in [1.807, 2.05) is 0 Å². The van der Waals surface area contributed by atoms with Gasteiger partial charge in [-0.25, -0.2) is 0 Å². The van der Waals surface area contributed by atoms with Crippen LogP contribution in [-0.4, -0.2) is 0 Å². The first-order valence-electron chi connectivity index (χ1n) is 29.0. The summed E-state index contributed by atoms with van der Waals surface area (Å²) in [6.45, 7) is 8.63. The van der Waals surface area contributed by atoms with E-state index < -0.39 is 0 Å². The number of allylic oxidation sites excluding steroid dienone is 4. The lowest BCUT2D eigenvalue weighted by Crippen LogP contribution is -1.93. The summed E-state index contributed by atoms with van der Waals surface area (Å²) in [4.78, 5) is 0. The van der Waals surface area contributed by atoms with Crippen LogP contribution in [-0.2, 0) is 0 Å². The quantitative estimate of drug-likeness (QED) is 0.0423. The molecule has 0 aromatic rings. The first kappa shape index (κ1) is 59.5. The minimum absolute atomic E-state index is 0.663. The molecule has 0 aromatic heterocycles. The first-order valence-corrected chi connectivity index (χ1v) is 29.0. The molecule has 0 aliphatic heterocycles. The fourth-order valence-corrected chi connectivity index (χ4v) is 9.45. The second-order valence-corrected chi connectivity index (χ2v) is 20.0. The van der Waals surface area contributed by atoms with Gasteiger partial charge in [-0.2, -0.15) is 0 Å². The van der Waals surface area contributed by atoms with Gasteiger partial charge in [-0.1, -0.05) is 347 Å². The number of unbranched alkanes of at least 4 members (excludes halogenated alkanes) is 48. The molecule has 0 saturated carbocycles. The topological polar surface area (TPSA) is 0 Å². The molecule has 0 N–H and O–H groups in total. The summed E-state index contributed by atoms with van der Waals surface area (Å²) in [6.07, 6.45) is 85.0. The molecule has 0 spiro atoms. The molecule has 1 atom stereocenters. The third-order valence-electron chi connectivity index (χ3n) is 13.8. The molecule has 0 amide bonds. The van der Waals surface area contributed by atoms with E-state index in [0.717, 1.165) is 6.42 Å². The Hall–Kier alpha value is -0.520. The molecule has 0 bridgehead atoms. The highest BCUT2D eigenvalue weighted by Gasteiger charge is 2.02. The highest BCUT2D eigenvalue weighted by Crippen LogP contribution is 2.20. The average molecular weight is 839 g/mol. The zero-order chi connectivity index (χ0) is 43.2. The van der Waals surface area contributed by atoms with Crippen molar-refractivity contribution in [2.24, 2.45) is 5.92 Å². The van der Waals surface area contributed by atoms with Gasteiger partial charge in [-0.05, 0) is 38.0 Å². The maximum atomic E-state index is 4.00. The van der Waals surface area contributed by atoms with Crippen LogP contribution in [0.4, 0.5) is 0 Å². The minimum atomic E-state index is 0.663. The molecule has 1 radical (unpaired) electrons. The van der Waals surface area contributed by atoms with Crippen molar-refractivity contribution >= 4 is 0 Å². The summed E-state index contributed by atoms with van der Waals surface area (Å²) in [5, 5.41) is 0.